The van der Waals surface area contributed by atoms with Crippen LogP contribution in [0.3, 0.4) is 0 Å². The number of rotatable bonds is 2. The monoisotopic (exact) mass is 240 g/mol. The molecular weight excluding hydrogens is 212 g/mol. The third kappa shape index (κ3) is 4.97. The van der Waals surface area contributed by atoms with E-state index in [-0.39, 0.29) is 11.4 Å². The lowest BCUT2D eigenvalue weighted by Crippen LogP contribution is -2.46. The molecule has 0 bridgehead atoms. The van der Waals surface area contributed by atoms with Gasteiger partial charge in [-0.05, 0) is 30.1 Å². The fourth-order valence-corrected chi connectivity index (χ4v) is 2.22. The van der Waals surface area contributed by atoms with E-state index in [2.05, 4.69) is 39.9 Å². The van der Waals surface area contributed by atoms with Crippen molar-refractivity contribution in [3.8, 4) is 0 Å². The molecule has 1 N–H and O–H groups in total. The molecule has 1 aliphatic heterocycles. The number of nitrogens with one attached hydrogen (secondary N) is 1. The quantitative estimate of drug-likeness (QED) is 0.790. The average Bonchev–Trinajstić information content (AvgIpc) is 2.25. The zero-order valence-electron chi connectivity index (χ0n) is 12.0. The maximum Gasteiger partial charge on any atom is 0.317 e. The van der Waals surface area contributed by atoms with E-state index in [4.69, 9.17) is 0 Å². The van der Waals surface area contributed by atoms with E-state index in [0.717, 1.165) is 44.3 Å². The predicted molar refractivity (Wildman–Crippen MR) is 72.0 cm³/mol. The Morgan fingerprint density at radius 3 is 2.24 bits per heavy atom. The molecule has 0 saturated carbocycles. The normalized spacial score (nSPS) is 18.6. The molecule has 1 aliphatic rings. The summed E-state index contributed by atoms with van der Waals surface area (Å²) in [5.74, 6) is 1.54. The fourth-order valence-electron chi connectivity index (χ4n) is 2.22. The SMILES string of the molecule is CC(C)C1CCN(C(=O)NCC(C)(C)C)CC1. The lowest BCUT2D eigenvalue weighted by Gasteiger charge is -2.34. The van der Waals surface area contributed by atoms with Crippen LogP contribution in [0.25, 0.3) is 0 Å². The first kappa shape index (κ1) is 14.3. The van der Waals surface area contributed by atoms with Gasteiger partial charge in [-0.15, -0.1) is 0 Å². The van der Waals surface area contributed by atoms with Gasteiger partial charge in [0.15, 0.2) is 0 Å². The van der Waals surface area contributed by atoms with E-state index in [0.29, 0.717) is 0 Å². The molecule has 0 aromatic heterocycles. The second kappa shape index (κ2) is 5.74. The lowest BCUT2D eigenvalue weighted by molar-refractivity contribution is 0.154. The third-order valence-corrected chi connectivity index (χ3v) is 3.54. The van der Waals surface area contributed by atoms with Crippen molar-refractivity contribution < 1.29 is 4.79 Å². The summed E-state index contributed by atoms with van der Waals surface area (Å²) in [6, 6.07) is 0.113. The molecule has 3 nitrogen and oxygen atoms in total. The van der Waals surface area contributed by atoms with Crippen LogP contribution < -0.4 is 5.32 Å². The molecule has 2 amide bonds. The van der Waals surface area contributed by atoms with Crippen LogP contribution in [-0.2, 0) is 0 Å². The number of amides is 2. The molecule has 0 aromatic carbocycles. The molecule has 1 rings (SSSR count). The highest BCUT2D eigenvalue weighted by molar-refractivity contribution is 5.74. The van der Waals surface area contributed by atoms with Crippen molar-refractivity contribution in [2.45, 2.75) is 47.5 Å². The summed E-state index contributed by atoms with van der Waals surface area (Å²) >= 11 is 0. The maximum atomic E-state index is 11.9. The van der Waals surface area contributed by atoms with Crippen LogP contribution in [0.15, 0.2) is 0 Å². The zero-order valence-corrected chi connectivity index (χ0v) is 12.0. The van der Waals surface area contributed by atoms with Gasteiger partial charge >= 0.3 is 6.03 Å². The molecule has 3 heteroatoms. The summed E-state index contributed by atoms with van der Waals surface area (Å²) in [6.07, 6.45) is 2.31. The summed E-state index contributed by atoms with van der Waals surface area (Å²) in [7, 11) is 0. The van der Waals surface area contributed by atoms with E-state index in [1.807, 2.05) is 4.90 Å². The van der Waals surface area contributed by atoms with Crippen molar-refractivity contribution in [1.82, 2.24) is 10.2 Å². The van der Waals surface area contributed by atoms with Crippen LogP contribution in [0.5, 0.6) is 0 Å². The Morgan fingerprint density at radius 1 is 1.29 bits per heavy atom. The Bertz CT molecular complexity index is 247. The topological polar surface area (TPSA) is 32.3 Å². The van der Waals surface area contributed by atoms with Gasteiger partial charge in [0.1, 0.15) is 0 Å². The Morgan fingerprint density at radius 2 is 1.82 bits per heavy atom. The Hall–Kier alpha value is -0.730. The van der Waals surface area contributed by atoms with Gasteiger partial charge in [-0.25, -0.2) is 4.79 Å². The number of nitrogens with zero attached hydrogens (tertiary/aromatic N) is 1. The maximum absolute atomic E-state index is 11.9. The van der Waals surface area contributed by atoms with Crippen molar-refractivity contribution in [3.05, 3.63) is 0 Å². The Labute approximate surface area is 106 Å². The summed E-state index contributed by atoms with van der Waals surface area (Å²) in [6.45, 7) is 13.5. The predicted octanol–water partition coefficient (Wildman–Crippen LogP) is 3.11. The first-order valence-corrected chi connectivity index (χ1v) is 6.82. The van der Waals surface area contributed by atoms with Crippen LogP contribution >= 0.6 is 0 Å². The Kier molecular flexibility index (Phi) is 4.84. The second-order valence-electron chi connectivity index (χ2n) is 6.79. The molecule has 0 aromatic rings. The minimum Gasteiger partial charge on any atom is -0.337 e. The Balaban J connectivity index is 2.31. The molecule has 0 atom stereocenters. The molecule has 1 saturated heterocycles. The van der Waals surface area contributed by atoms with Gasteiger partial charge in [0, 0.05) is 19.6 Å². The summed E-state index contributed by atoms with van der Waals surface area (Å²) in [5.41, 5.74) is 0.159. The molecule has 0 unspecified atom stereocenters. The van der Waals surface area contributed by atoms with E-state index < -0.39 is 0 Å². The van der Waals surface area contributed by atoms with Crippen molar-refractivity contribution >= 4 is 6.03 Å². The van der Waals surface area contributed by atoms with E-state index in [9.17, 15) is 4.79 Å². The summed E-state index contributed by atoms with van der Waals surface area (Å²) in [4.78, 5) is 13.9. The van der Waals surface area contributed by atoms with Gasteiger partial charge < -0.3 is 10.2 Å². The molecule has 0 aliphatic carbocycles. The van der Waals surface area contributed by atoms with Crippen molar-refractivity contribution in [2.24, 2.45) is 17.3 Å². The van der Waals surface area contributed by atoms with E-state index in [1.165, 1.54) is 0 Å². The number of carbonyl (C=O) groups is 1. The molecule has 100 valence electrons. The third-order valence-electron chi connectivity index (χ3n) is 3.54. The molecule has 1 fully saturated rings. The summed E-state index contributed by atoms with van der Waals surface area (Å²) in [5, 5.41) is 3.02. The van der Waals surface area contributed by atoms with Crippen LogP contribution in [-0.4, -0.2) is 30.6 Å². The summed E-state index contributed by atoms with van der Waals surface area (Å²) < 4.78 is 0. The average molecular weight is 240 g/mol. The molecule has 0 radical (unpaired) electrons. The second-order valence-corrected chi connectivity index (χ2v) is 6.79. The minimum absolute atomic E-state index is 0.113. The number of piperidine rings is 1. The van der Waals surface area contributed by atoms with Gasteiger partial charge in [0.25, 0.3) is 0 Å². The molecule has 17 heavy (non-hydrogen) atoms. The van der Waals surface area contributed by atoms with E-state index in [1.54, 1.807) is 0 Å². The molecular formula is C14H28N2O. The van der Waals surface area contributed by atoms with Crippen LogP contribution in [0.1, 0.15) is 47.5 Å². The first-order valence-electron chi connectivity index (χ1n) is 6.82. The fraction of sp³-hybridized carbons (Fsp3) is 0.929. The lowest BCUT2D eigenvalue weighted by atomic mass is 9.87. The van der Waals surface area contributed by atoms with Crippen LogP contribution in [0, 0.1) is 17.3 Å². The zero-order chi connectivity index (χ0) is 13.1. The number of carbonyl (C=O) groups excluding carboxylic acids is 1. The van der Waals surface area contributed by atoms with Crippen molar-refractivity contribution in [2.75, 3.05) is 19.6 Å². The van der Waals surface area contributed by atoms with Crippen LogP contribution in [0.2, 0.25) is 0 Å². The molecule has 1 heterocycles. The number of likely N-dealkylation sites (tertiary alicyclic amines) is 1. The van der Waals surface area contributed by atoms with Gasteiger partial charge in [-0.2, -0.15) is 0 Å². The largest absolute Gasteiger partial charge is 0.337 e. The highest BCUT2D eigenvalue weighted by atomic mass is 16.2. The number of hydrogen-bond donors (Lipinski definition) is 1. The minimum atomic E-state index is 0.113. The van der Waals surface area contributed by atoms with Gasteiger partial charge in [0.2, 0.25) is 0 Å². The first-order chi connectivity index (χ1) is 7.79. The van der Waals surface area contributed by atoms with E-state index >= 15 is 0 Å². The highest BCUT2D eigenvalue weighted by Gasteiger charge is 2.24. The number of urea groups is 1. The molecule has 0 spiro atoms. The van der Waals surface area contributed by atoms with Crippen LogP contribution in [0.4, 0.5) is 4.79 Å². The van der Waals surface area contributed by atoms with Crippen molar-refractivity contribution in [3.63, 3.8) is 0 Å². The van der Waals surface area contributed by atoms with Crippen molar-refractivity contribution in [1.29, 1.82) is 0 Å². The highest BCUT2D eigenvalue weighted by Crippen LogP contribution is 2.24. The van der Waals surface area contributed by atoms with Gasteiger partial charge in [-0.1, -0.05) is 34.6 Å². The smallest absolute Gasteiger partial charge is 0.317 e. The number of hydrogen-bond acceptors (Lipinski definition) is 1. The standard InChI is InChI=1S/C14H28N2O/c1-11(2)12-6-8-16(9-7-12)13(17)15-10-14(3,4)5/h11-12H,6-10H2,1-5H3,(H,15,17). The van der Waals surface area contributed by atoms with Gasteiger partial charge in [-0.3, -0.25) is 0 Å². The van der Waals surface area contributed by atoms with Gasteiger partial charge in [0.05, 0.1) is 0 Å².